The Morgan fingerprint density at radius 1 is 0.833 bits per heavy atom. The zero-order valence-electron chi connectivity index (χ0n) is 19.6. The van der Waals surface area contributed by atoms with Crippen LogP contribution in [0.15, 0.2) is 78.9 Å². The molecular weight excluding hydrogens is 469 g/mol. The van der Waals surface area contributed by atoms with Crippen LogP contribution in [-0.2, 0) is 11.0 Å². The molecule has 3 aromatic rings. The van der Waals surface area contributed by atoms with Crippen molar-refractivity contribution >= 4 is 11.8 Å². The third-order valence-electron chi connectivity index (χ3n) is 6.11. The molecule has 1 saturated carbocycles. The number of hydrogen-bond acceptors (Lipinski definition) is 3. The van der Waals surface area contributed by atoms with E-state index in [0.29, 0.717) is 17.1 Å². The summed E-state index contributed by atoms with van der Waals surface area (Å²) in [5.41, 5.74) is -0.661. The summed E-state index contributed by atoms with van der Waals surface area (Å²) in [6.07, 6.45) is 0.228. The average molecular weight is 497 g/mol. The van der Waals surface area contributed by atoms with E-state index in [4.69, 9.17) is 4.74 Å². The molecule has 1 unspecified atom stereocenters. The topological polar surface area (TPSA) is 67.4 Å². The van der Waals surface area contributed by atoms with Gasteiger partial charge in [0.25, 0.3) is 5.91 Å². The van der Waals surface area contributed by atoms with Gasteiger partial charge < -0.3 is 15.4 Å². The van der Waals surface area contributed by atoms with Gasteiger partial charge in [0.05, 0.1) is 5.56 Å². The van der Waals surface area contributed by atoms with Crippen molar-refractivity contribution in [1.29, 1.82) is 0 Å². The summed E-state index contributed by atoms with van der Waals surface area (Å²) in [5.74, 6) is -0.133. The molecule has 5 nitrogen and oxygen atoms in total. The molecule has 4 rings (SSSR count). The number of amides is 2. The lowest BCUT2D eigenvalue weighted by Crippen LogP contribution is -2.45. The van der Waals surface area contributed by atoms with E-state index in [9.17, 15) is 22.8 Å². The molecule has 3 aromatic carbocycles. The van der Waals surface area contributed by atoms with Crippen molar-refractivity contribution in [3.63, 3.8) is 0 Å². The minimum Gasteiger partial charge on any atom is -0.457 e. The quantitative estimate of drug-likeness (QED) is 0.397. The van der Waals surface area contributed by atoms with Crippen molar-refractivity contribution in [2.45, 2.75) is 50.4 Å². The maximum atomic E-state index is 13.3. The second kappa shape index (κ2) is 11.3. The van der Waals surface area contributed by atoms with Gasteiger partial charge in [0, 0.05) is 11.6 Å². The Kier molecular flexibility index (Phi) is 7.93. The van der Waals surface area contributed by atoms with Crippen LogP contribution in [0.1, 0.15) is 59.6 Å². The molecule has 1 atom stereocenters. The fourth-order valence-corrected chi connectivity index (χ4v) is 4.27. The van der Waals surface area contributed by atoms with Crippen molar-refractivity contribution < 1.29 is 27.5 Å². The van der Waals surface area contributed by atoms with Gasteiger partial charge in [0.1, 0.15) is 17.5 Å². The Hall–Kier alpha value is -3.81. The monoisotopic (exact) mass is 496 g/mol. The largest absolute Gasteiger partial charge is 0.457 e. The fraction of sp³-hybridized carbons (Fsp3) is 0.286. The lowest BCUT2D eigenvalue weighted by molar-refractivity contribution is -0.137. The van der Waals surface area contributed by atoms with Crippen molar-refractivity contribution in [2.24, 2.45) is 0 Å². The molecular formula is C28H27F3N2O3. The number of ether oxygens (including phenoxy) is 1. The van der Waals surface area contributed by atoms with E-state index in [-0.39, 0.29) is 11.6 Å². The van der Waals surface area contributed by atoms with E-state index in [1.807, 2.05) is 18.2 Å². The highest BCUT2D eigenvalue weighted by Gasteiger charge is 2.32. The molecule has 0 aromatic heterocycles. The van der Waals surface area contributed by atoms with Gasteiger partial charge in [-0.1, -0.05) is 55.7 Å². The second-order valence-electron chi connectivity index (χ2n) is 8.82. The maximum Gasteiger partial charge on any atom is 0.416 e. The standard InChI is InChI=1S/C28H27F3N2O3/c29-28(30,31)21-11-7-10-20(17-21)26(34)33-25(27(35)32-22-12-3-1-4-13-22)19-9-8-16-24(18-19)36-23-14-5-2-6-15-23/h2,5-11,14-18,22,25H,1,3-4,12-13H2,(H,32,35)(H,33,34). The third kappa shape index (κ3) is 6.65. The molecule has 1 aliphatic rings. The van der Waals surface area contributed by atoms with Gasteiger partial charge in [-0.25, -0.2) is 0 Å². The molecule has 8 heteroatoms. The number of rotatable bonds is 7. The summed E-state index contributed by atoms with van der Waals surface area (Å²) < 4.78 is 45.4. The van der Waals surface area contributed by atoms with Gasteiger partial charge in [0.15, 0.2) is 0 Å². The van der Waals surface area contributed by atoms with Gasteiger partial charge in [-0.05, 0) is 60.9 Å². The zero-order chi connectivity index (χ0) is 25.5. The highest BCUT2D eigenvalue weighted by molar-refractivity contribution is 5.98. The number of carbonyl (C=O) groups excluding carboxylic acids is 2. The van der Waals surface area contributed by atoms with Crippen LogP contribution in [0.2, 0.25) is 0 Å². The third-order valence-corrected chi connectivity index (χ3v) is 6.11. The van der Waals surface area contributed by atoms with Crippen LogP contribution in [0.25, 0.3) is 0 Å². The number of benzene rings is 3. The van der Waals surface area contributed by atoms with Gasteiger partial charge in [-0.15, -0.1) is 0 Å². The van der Waals surface area contributed by atoms with Crippen LogP contribution in [0, 0.1) is 0 Å². The normalized spacial score (nSPS) is 15.1. The number of halogens is 3. The highest BCUT2D eigenvalue weighted by Crippen LogP contribution is 2.30. The molecule has 2 amide bonds. The molecule has 0 aliphatic heterocycles. The van der Waals surface area contributed by atoms with E-state index in [1.54, 1.807) is 36.4 Å². The van der Waals surface area contributed by atoms with Gasteiger partial charge in [-0.3, -0.25) is 9.59 Å². The van der Waals surface area contributed by atoms with Crippen molar-refractivity contribution in [2.75, 3.05) is 0 Å². The number of hydrogen-bond donors (Lipinski definition) is 2. The maximum absolute atomic E-state index is 13.3. The summed E-state index contributed by atoms with van der Waals surface area (Å²) in [6, 6.07) is 18.8. The van der Waals surface area contributed by atoms with Crippen LogP contribution in [0.3, 0.4) is 0 Å². The van der Waals surface area contributed by atoms with Crippen molar-refractivity contribution in [3.05, 3.63) is 95.6 Å². The Bertz CT molecular complexity index is 1190. The molecule has 0 radical (unpaired) electrons. The van der Waals surface area contributed by atoms with Gasteiger partial charge in [-0.2, -0.15) is 13.2 Å². The molecule has 0 spiro atoms. The van der Waals surface area contributed by atoms with Gasteiger partial charge in [0.2, 0.25) is 5.91 Å². The first kappa shape index (κ1) is 25.3. The molecule has 0 saturated heterocycles. The fourth-order valence-electron chi connectivity index (χ4n) is 4.27. The first-order valence-corrected chi connectivity index (χ1v) is 11.9. The Labute approximate surface area is 207 Å². The minimum absolute atomic E-state index is 0.0111. The predicted molar refractivity (Wildman–Crippen MR) is 130 cm³/mol. The molecule has 0 bridgehead atoms. The van der Waals surface area contributed by atoms with E-state index < -0.39 is 29.6 Å². The number of carbonyl (C=O) groups is 2. The van der Waals surface area contributed by atoms with E-state index in [2.05, 4.69) is 10.6 Å². The molecule has 2 N–H and O–H groups in total. The first-order valence-electron chi connectivity index (χ1n) is 11.9. The Balaban J connectivity index is 1.59. The molecule has 36 heavy (non-hydrogen) atoms. The average Bonchev–Trinajstić information content (AvgIpc) is 2.88. The van der Waals surface area contributed by atoms with E-state index in [1.165, 1.54) is 12.1 Å². The summed E-state index contributed by atoms with van der Waals surface area (Å²) in [5, 5.41) is 5.64. The van der Waals surface area contributed by atoms with E-state index >= 15 is 0 Å². The number of alkyl halides is 3. The number of para-hydroxylation sites is 1. The van der Waals surface area contributed by atoms with Crippen molar-refractivity contribution in [3.8, 4) is 11.5 Å². The second-order valence-corrected chi connectivity index (χ2v) is 8.82. The SMILES string of the molecule is O=C(NC(C(=O)NC1CCCCC1)c1cccc(Oc2ccccc2)c1)c1cccc(C(F)(F)F)c1. The zero-order valence-corrected chi connectivity index (χ0v) is 19.6. The van der Waals surface area contributed by atoms with Crippen LogP contribution in [-0.4, -0.2) is 17.9 Å². The lowest BCUT2D eigenvalue weighted by atomic mass is 9.95. The number of nitrogens with one attached hydrogen (secondary N) is 2. The van der Waals surface area contributed by atoms with Crippen LogP contribution < -0.4 is 15.4 Å². The predicted octanol–water partition coefficient (Wildman–Crippen LogP) is 6.42. The summed E-state index contributed by atoms with van der Waals surface area (Å²) in [6.45, 7) is 0. The molecule has 0 heterocycles. The lowest BCUT2D eigenvalue weighted by Gasteiger charge is -2.26. The van der Waals surface area contributed by atoms with E-state index in [0.717, 1.165) is 44.2 Å². The first-order chi connectivity index (χ1) is 17.3. The summed E-state index contributed by atoms with van der Waals surface area (Å²) in [7, 11) is 0. The van der Waals surface area contributed by atoms with Gasteiger partial charge >= 0.3 is 6.18 Å². The van der Waals surface area contributed by atoms with Crippen molar-refractivity contribution in [1.82, 2.24) is 10.6 Å². The molecule has 1 fully saturated rings. The Morgan fingerprint density at radius 2 is 1.53 bits per heavy atom. The minimum atomic E-state index is -4.59. The molecule has 188 valence electrons. The Morgan fingerprint density at radius 3 is 2.25 bits per heavy atom. The van der Waals surface area contributed by atoms with Crippen LogP contribution >= 0.6 is 0 Å². The smallest absolute Gasteiger partial charge is 0.416 e. The van der Waals surface area contributed by atoms with Crippen LogP contribution in [0.5, 0.6) is 11.5 Å². The van der Waals surface area contributed by atoms with Crippen LogP contribution in [0.4, 0.5) is 13.2 Å². The highest BCUT2D eigenvalue weighted by atomic mass is 19.4. The summed E-state index contributed by atoms with van der Waals surface area (Å²) in [4.78, 5) is 26.3. The molecule has 1 aliphatic carbocycles. The summed E-state index contributed by atoms with van der Waals surface area (Å²) >= 11 is 0.